The molecule has 21 heavy (non-hydrogen) atoms. The zero-order valence-corrected chi connectivity index (χ0v) is 14.4. The summed E-state index contributed by atoms with van der Waals surface area (Å²) in [5.74, 6) is 1.15. The fourth-order valence-corrected chi connectivity index (χ4v) is 2.42. The monoisotopic (exact) mass is 312 g/mol. The summed E-state index contributed by atoms with van der Waals surface area (Å²) in [6, 6.07) is 1.94. The summed E-state index contributed by atoms with van der Waals surface area (Å²) in [6.07, 6.45) is 7.80. The Morgan fingerprint density at radius 1 is 1.29 bits per heavy atom. The van der Waals surface area contributed by atoms with Gasteiger partial charge in [-0.2, -0.15) is 0 Å². The van der Waals surface area contributed by atoms with Gasteiger partial charge in [-0.05, 0) is 36.9 Å². The smallest absolute Gasteiger partial charge is 0.232 e. The van der Waals surface area contributed by atoms with Crippen molar-refractivity contribution in [2.24, 2.45) is 5.92 Å². The molecule has 1 N–H and O–H groups in total. The van der Waals surface area contributed by atoms with E-state index in [0.717, 1.165) is 31.5 Å². The van der Waals surface area contributed by atoms with E-state index in [0.29, 0.717) is 23.4 Å². The van der Waals surface area contributed by atoms with E-state index in [4.69, 9.17) is 16.3 Å². The van der Waals surface area contributed by atoms with Crippen LogP contribution in [0.5, 0.6) is 5.88 Å². The standard InChI is InChI=1S/C17H29ClN2O/c1-4-7-8-14(6-3)13-21-17-16(18)10-15(12-20-17)11-19-9-5-2/h10,12,14,19H,4-9,11,13H2,1-3H3. The number of hydrogen-bond donors (Lipinski definition) is 1. The van der Waals surface area contributed by atoms with E-state index in [1.165, 1.54) is 19.3 Å². The SMILES string of the molecule is CCCCC(CC)COc1ncc(CNCCC)cc1Cl. The molecule has 1 rings (SSSR count). The summed E-state index contributed by atoms with van der Waals surface area (Å²) < 4.78 is 5.80. The van der Waals surface area contributed by atoms with Crippen molar-refractivity contribution in [3.8, 4) is 5.88 Å². The Bertz CT molecular complexity index is 398. The first-order chi connectivity index (χ1) is 10.2. The van der Waals surface area contributed by atoms with Gasteiger partial charge in [0.05, 0.1) is 6.61 Å². The van der Waals surface area contributed by atoms with Crippen molar-refractivity contribution in [3.63, 3.8) is 0 Å². The predicted octanol–water partition coefficient (Wildman–Crippen LogP) is 4.83. The zero-order chi connectivity index (χ0) is 15.5. The van der Waals surface area contributed by atoms with Crippen molar-refractivity contribution in [1.82, 2.24) is 10.3 Å². The van der Waals surface area contributed by atoms with Crippen LogP contribution in [0, 0.1) is 5.92 Å². The Kier molecular flexibility index (Phi) is 9.44. The van der Waals surface area contributed by atoms with E-state index < -0.39 is 0 Å². The molecular weight excluding hydrogens is 284 g/mol. The number of nitrogens with one attached hydrogen (secondary N) is 1. The van der Waals surface area contributed by atoms with Crippen LogP contribution >= 0.6 is 11.6 Å². The van der Waals surface area contributed by atoms with E-state index in [1.807, 2.05) is 12.3 Å². The average Bonchev–Trinajstić information content (AvgIpc) is 2.49. The summed E-state index contributed by atoms with van der Waals surface area (Å²) in [5.41, 5.74) is 1.10. The summed E-state index contributed by atoms with van der Waals surface area (Å²) in [7, 11) is 0. The van der Waals surface area contributed by atoms with Gasteiger partial charge < -0.3 is 10.1 Å². The molecule has 4 heteroatoms. The Labute approximate surface area is 134 Å². The highest BCUT2D eigenvalue weighted by Crippen LogP contribution is 2.24. The van der Waals surface area contributed by atoms with Crippen molar-refractivity contribution in [1.29, 1.82) is 0 Å². The number of hydrogen-bond acceptors (Lipinski definition) is 3. The Hall–Kier alpha value is -0.800. The summed E-state index contributed by atoms with van der Waals surface area (Å²) in [6.45, 7) is 9.09. The first-order valence-corrected chi connectivity index (χ1v) is 8.56. The van der Waals surface area contributed by atoms with E-state index in [2.05, 4.69) is 31.1 Å². The van der Waals surface area contributed by atoms with Gasteiger partial charge in [-0.3, -0.25) is 0 Å². The van der Waals surface area contributed by atoms with Crippen LogP contribution in [0.3, 0.4) is 0 Å². The minimum atomic E-state index is 0.561. The van der Waals surface area contributed by atoms with Crippen LogP contribution in [0.2, 0.25) is 5.02 Å². The highest BCUT2D eigenvalue weighted by atomic mass is 35.5. The highest BCUT2D eigenvalue weighted by Gasteiger charge is 2.10. The van der Waals surface area contributed by atoms with Crippen molar-refractivity contribution < 1.29 is 4.74 Å². The lowest BCUT2D eigenvalue weighted by molar-refractivity contribution is 0.226. The van der Waals surface area contributed by atoms with Crippen LogP contribution in [0.1, 0.15) is 58.4 Å². The molecule has 1 aromatic rings. The third-order valence-electron chi connectivity index (χ3n) is 3.62. The zero-order valence-electron chi connectivity index (χ0n) is 13.6. The molecule has 0 spiro atoms. The summed E-state index contributed by atoms with van der Waals surface area (Å²) >= 11 is 6.26. The van der Waals surface area contributed by atoms with Crippen LogP contribution in [0.15, 0.2) is 12.3 Å². The average molecular weight is 313 g/mol. The second kappa shape index (κ2) is 10.9. The summed E-state index contributed by atoms with van der Waals surface area (Å²) in [4.78, 5) is 4.35. The molecule has 1 heterocycles. The number of halogens is 1. The lowest BCUT2D eigenvalue weighted by atomic mass is 10.0. The molecule has 0 aliphatic carbocycles. The van der Waals surface area contributed by atoms with Gasteiger partial charge >= 0.3 is 0 Å². The maximum Gasteiger partial charge on any atom is 0.232 e. The first-order valence-electron chi connectivity index (χ1n) is 8.19. The molecule has 1 unspecified atom stereocenters. The molecule has 0 aliphatic heterocycles. The van der Waals surface area contributed by atoms with Crippen LogP contribution in [-0.4, -0.2) is 18.1 Å². The molecular formula is C17H29ClN2O. The number of aromatic nitrogens is 1. The predicted molar refractivity (Wildman–Crippen MR) is 90.0 cm³/mol. The topological polar surface area (TPSA) is 34.1 Å². The Morgan fingerprint density at radius 2 is 2.10 bits per heavy atom. The Morgan fingerprint density at radius 3 is 2.71 bits per heavy atom. The van der Waals surface area contributed by atoms with Crippen LogP contribution in [-0.2, 0) is 6.54 Å². The number of pyridine rings is 1. The molecule has 0 bridgehead atoms. The third kappa shape index (κ3) is 7.14. The fourth-order valence-electron chi connectivity index (χ4n) is 2.17. The molecule has 0 saturated heterocycles. The highest BCUT2D eigenvalue weighted by molar-refractivity contribution is 6.31. The molecule has 120 valence electrons. The van der Waals surface area contributed by atoms with Gasteiger partial charge in [0.15, 0.2) is 0 Å². The van der Waals surface area contributed by atoms with Crippen LogP contribution < -0.4 is 10.1 Å². The third-order valence-corrected chi connectivity index (χ3v) is 3.89. The van der Waals surface area contributed by atoms with Crippen molar-refractivity contribution >= 4 is 11.6 Å². The normalized spacial score (nSPS) is 12.4. The van der Waals surface area contributed by atoms with Gasteiger partial charge in [-0.25, -0.2) is 4.98 Å². The summed E-state index contributed by atoms with van der Waals surface area (Å²) in [5, 5.41) is 3.95. The first kappa shape index (κ1) is 18.2. The molecule has 3 nitrogen and oxygen atoms in total. The fraction of sp³-hybridized carbons (Fsp3) is 0.706. The van der Waals surface area contributed by atoms with Gasteiger partial charge in [0.25, 0.3) is 0 Å². The van der Waals surface area contributed by atoms with E-state index >= 15 is 0 Å². The molecule has 0 radical (unpaired) electrons. The number of ether oxygens (including phenoxy) is 1. The van der Waals surface area contributed by atoms with Gasteiger partial charge in [0.1, 0.15) is 5.02 Å². The van der Waals surface area contributed by atoms with E-state index in [1.54, 1.807) is 0 Å². The molecule has 0 amide bonds. The molecule has 0 saturated carbocycles. The second-order valence-corrected chi connectivity index (χ2v) is 5.94. The van der Waals surface area contributed by atoms with Gasteiger partial charge in [0.2, 0.25) is 5.88 Å². The molecule has 1 aromatic heterocycles. The number of rotatable bonds is 11. The largest absolute Gasteiger partial charge is 0.476 e. The molecule has 1 atom stereocenters. The number of unbranched alkanes of at least 4 members (excludes halogenated alkanes) is 1. The quantitative estimate of drug-likeness (QED) is 0.594. The lowest BCUT2D eigenvalue weighted by Crippen LogP contribution is -2.14. The molecule has 0 fully saturated rings. The van der Waals surface area contributed by atoms with E-state index in [-0.39, 0.29) is 0 Å². The van der Waals surface area contributed by atoms with E-state index in [9.17, 15) is 0 Å². The van der Waals surface area contributed by atoms with Gasteiger partial charge in [-0.1, -0.05) is 51.6 Å². The van der Waals surface area contributed by atoms with Crippen molar-refractivity contribution in [3.05, 3.63) is 22.8 Å². The molecule has 0 aromatic carbocycles. The lowest BCUT2D eigenvalue weighted by Gasteiger charge is -2.16. The van der Waals surface area contributed by atoms with Crippen LogP contribution in [0.4, 0.5) is 0 Å². The Balaban J connectivity index is 2.47. The second-order valence-electron chi connectivity index (χ2n) is 5.53. The number of nitrogens with zero attached hydrogens (tertiary/aromatic N) is 1. The minimum absolute atomic E-state index is 0.561. The van der Waals surface area contributed by atoms with Gasteiger partial charge in [0, 0.05) is 12.7 Å². The maximum absolute atomic E-state index is 6.26. The minimum Gasteiger partial charge on any atom is -0.476 e. The van der Waals surface area contributed by atoms with Gasteiger partial charge in [-0.15, -0.1) is 0 Å². The van der Waals surface area contributed by atoms with Crippen LogP contribution in [0.25, 0.3) is 0 Å². The van der Waals surface area contributed by atoms with Crippen molar-refractivity contribution in [2.45, 2.75) is 59.4 Å². The van der Waals surface area contributed by atoms with Crippen molar-refractivity contribution in [2.75, 3.05) is 13.2 Å². The molecule has 0 aliphatic rings. The maximum atomic E-state index is 6.26.